The summed E-state index contributed by atoms with van der Waals surface area (Å²) in [6.07, 6.45) is 3.28. The molecule has 3 rings (SSSR count). The first kappa shape index (κ1) is 12.5. The Morgan fingerprint density at radius 2 is 1.44 bits per heavy atom. The molecule has 1 aromatic heterocycles. The first-order valence-electron chi connectivity index (χ1n) is 6.19. The molecule has 2 heterocycles. The Balaban J connectivity index is 0.000000169. The van der Waals surface area contributed by atoms with Gasteiger partial charge in [-0.1, -0.05) is 18.2 Å². The van der Waals surface area contributed by atoms with Crippen LogP contribution in [0.5, 0.6) is 0 Å². The summed E-state index contributed by atoms with van der Waals surface area (Å²) in [5.41, 5.74) is 1.35. The van der Waals surface area contributed by atoms with Crippen LogP contribution in [0.2, 0.25) is 0 Å². The molecule has 0 spiro atoms. The fourth-order valence-corrected chi connectivity index (χ4v) is 1.82. The number of anilines is 1. The molecule has 0 bridgehead atoms. The van der Waals surface area contributed by atoms with Crippen molar-refractivity contribution >= 4 is 5.69 Å². The minimum absolute atomic E-state index is 1.11. The standard InChI is InChI=1S/C10H14N2.C4H4N2/c1-2-4-10(5-3-1)12-8-6-11-7-9-12;1-2-4-6-5-3-1/h1-5,11H,6-9H2;1-4H. The summed E-state index contributed by atoms with van der Waals surface area (Å²) in [6.45, 7) is 4.47. The number of nitrogens with zero attached hydrogens (tertiary/aromatic N) is 3. The van der Waals surface area contributed by atoms with Gasteiger partial charge < -0.3 is 10.2 Å². The van der Waals surface area contributed by atoms with E-state index in [1.165, 1.54) is 5.69 Å². The molecule has 2 aromatic rings. The molecule has 1 aliphatic rings. The minimum atomic E-state index is 1.11. The number of hydrogen-bond acceptors (Lipinski definition) is 4. The number of nitrogens with one attached hydrogen (secondary N) is 1. The highest BCUT2D eigenvalue weighted by Crippen LogP contribution is 2.12. The summed E-state index contributed by atoms with van der Waals surface area (Å²) in [7, 11) is 0. The molecule has 4 nitrogen and oxygen atoms in total. The number of aromatic nitrogens is 2. The fourth-order valence-electron chi connectivity index (χ4n) is 1.82. The van der Waals surface area contributed by atoms with E-state index in [1.807, 2.05) is 12.1 Å². The molecule has 1 fully saturated rings. The van der Waals surface area contributed by atoms with Crippen molar-refractivity contribution in [2.24, 2.45) is 0 Å². The van der Waals surface area contributed by atoms with E-state index in [9.17, 15) is 0 Å². The van der Waals surface area contributed by atoms with E-state index in [0.29, 0.717) is 0 Å². The molecule has 0 radical (unpaired) electrons. The average molecular weight is 242 g/mol. The maximum atomic E-state index is 3.53. The van der Waals surface area contributed by atoms with Crippen LogP contribution in [0.4, 0.5) is 5.69 Å². The molecule has 18 heavy (non-hydrogen) atoms. The number of hydrogen-bond donors (Lipinski definition) is 1. The zero-order valence-corrected chi connectivity index (χ0v) is 10.4. The molecular formula is C14H18N4. The van der Waals surface area contributed by atoms with Gasteiger partial charge in [-0.2, -0.15) is 10.2 Å². The second kappa shape index (κ2) is 7.40. The third-order valence-electron chi connectivity index (χ3n) is 2.72. The molecule has 1 aliphatic heterocycles. The topological polar surface area (TPSA) is 41.0 Å². The lowest BCUT2D eigenvalue weighted by Crippen LogP contribution is -2.43. The third kappa shape index (κ3) is 4.14. The zero-order chi connectivity index (χ0) is 12.5. The van der Waals surface area contributed by atoms with Crippen LogP contribution >= 0.6 is 0 Å². The van der Waals surface area contributed by atoms with Crippen LogP contribution in [0.25, 0.3) is 0 Å². The van der Waals surface area contributed by atoms with Crippen LogP contribution in [0.1, 0.15) is 0 Å². The van der Waals surface area contributed by atoms with Crippen molar-refractivity contribution in [3.8, 4) is 0 Å². The Bertz CT molecular complexity index is 386. The van der Waals surface area contributed by atoms with Gasteiger partial charge in [-0.3, -0.25) is 0 Å². The molecule has 1 N–H and O–H groups in total. The lowest BCUT2D eigenvalue weighted by atomic mass is 10.2. The van der Waals surface area contributed by atoms with Gasteiger partial charge in [0.1, 0.15) is 0 Å². The predicted octanol–water partition coefficient (Wildman–Crippen LogP) is 1.57. The molecule has 0 atom stereocenters. The summed E-state index contributed by atoms with van der Waals surface area (Å²) in [4.78, 5) is 2.41. The highest BCUT2D eigenvalue weighted by Gasteiger charge is 2.08. The molecule has 0 amide bonds. The molecule has 94 valence electrons. The van der Waals surface area contributed by atoms with Crippen LogP contribution < -0.4 is 10.2 Å². The first-order chi connectivity index (χ1) is 8.97. The van der Waals surface area contributed by atoms with E-state index in [4.69, 9.17) is 0 Å². The first-order valence-corrected chi connectivity index (χ1v) is 6.19. The van der Waals surface area contributed by atoms with Gasteiger partial charge in [0, 0.05) is 44.3 Å². The van der Waals surface area contributed by atoms with E-state index in [2.05, 4.69) is 50.7 Å². The smallest absolute Gasteiger partial charge is 0.0496 e. The SMILES string of the molecule is c1ccc(N2CCNCC2)cc1.c1ccnnc1. The third-order valence-corrected chi connectivity index (χ3v) is 2.72. The maximum Gasteiger partial charge on any atom is 0.0496 e. The van der Waals surface area contributed by atoms with Crippen molar-refractivity contribution in [3.63, 3.8) is 0 Å². The molecule has 0 saturated carbocycles. The highest BCUT2D eigenvalue weighted by molar-refractivity contribution is 5.46. The van der Waals surface area contributed by atoms with Crippen LogP contribution in [0.15, 0.2) is 54.9 Å². The maximum absolute atomic E-state index is 3.53. The van der Waals surface area contributed by atoms with Crippen LogP contribution in [0, 0.1) is 0 Å². The number of rotatable bonds is 1. The Morgan fingerprint density at radius 3 is 1.94 bits per heavy atom. The summed E-state index contributed by atoms with van der Waals surface area (Å²) in [6, 6.07) is 14.2. The summed E-state index contributed by atoms with van der Waals surface area (Å²) >= 11 is 0. The van der Waals surface area contributed by atoms with Crippen LogP contribution in [-0.4, -0.2) is 36.4 Å². The Labute approximate surface area is 108 Å². The summed E-state index contributed by atoms with van der Waals surface area (Å²) < 4.78 is 0. The lowest BCUT2D eigenvalue weighted by molar-refractivity contribution is 0.589. The van der Waals surface area contributed by atoms with E-state index in [0.717, 1.165) is 26.2 Å². The van der Waals surface area contributed by atoms with Crippen molar-refractivity contribution in [1.29, 1.82) is 0 Å². The summed E-state index contributed by atoms with van der Waals surface area (Å²) in [5, 5.41) is 10.4. The van der Waals surface area contributed by atoms with Crippen molar-refractivity contribution in [1.82, 2.24) is 15.5 Å². The monoisotopic (exact) mass is 242 g/mol. The van der Waals surface area contributed by atoms with E-state index in [-0.39, 0.29) is 0 Å². The van der Waals surface area contributed by atoms with Gasteiger partial charge in [-0.25, -0.2) is 0 Å². The number of para-hydroxylation sites is 1. The minimum Gasteiger partial charge on any atom is -0.369 e. The van der Waals surface area contributed by atoms with Gasteiger partial charge in [-0.05, 0) is 24.3 Å². The van der Waals surface area contributed by atoms with E-state index >= 15 is 0 Å². The highest BCUT2D eigenvalue weighted by atomic mass is 15.2. The van der Waals surface area contributed by atoms with Crippen molar-refractivity contribution < 1.29 is 0 Å². The molecule has 1 saturated heterocycles. The second-order valence-electron chi connectivity index (χ2n) is 3.99. The lowest BCUT2D eigenvalue weighted by Gasteiger charge is -2.29. The van der Waals surface area contributed by atoms with Gasteiger partial charge in [0.05, 0.1) is 0 Å². The molecule has 0 unspecified atom stereocenters. The molecular weight excluding hydrogens is 224 g/mol. The molecule has 0 aliphatic carbocycles. The number of piperazine rings is 1. The van der Waals surface area contributed by atoms with E-state index < -0.39 is 0 Å². The van der Waals surface area contributed by atoms with Crippen molar-refractivity contribution in [3.05, 3.63) is 54.9 Å². The Morgan fingerprint density at radius 1 is 0.833 bits per heavy atom. The van der Waals surface area contributed by atoms with Gasteiger partial charge in [0.2, 0.25) is 0 Å². The number of benzene rings is 1. The van der Waals surface area contributed by atoms with Crippen molar-refractivity contribution in [2.75, 3.05) is 31.1 Å². The van der Waals surface area contributed by atoms with Gasteiger partial charge in [0.15, 0.2) is 0 Å². The molecule has 1 aromatic carbocycles. The largest absolute Gasteiger partial charge is 0.369 e. The van der Waals surface area contributed by atoms with Gasteiger partial charge >= 0.3 is 0 Å². The second-order valence-corrected chi connectivity index (χ2v) is 3.99. The quantitative estimate of drug-likeness (QED) is 0.824. The van der Waals surface area contributed by atoms with Crippen molar-refractivity contribution in [2.45, 2.75) is 0 Å². The normalized spacial score (nSPS) is 14.6. The van der Waals surface area contributed by atoms with Crippen LogP contribution in [0.3, 0.4) is 0 Å². The van der Waals surface area contributed by atoms with Crippen LogP contribution in [-0.2, 0) is 0 Å². The fraction of sp³-hybridized carbons (Fsp3) is 0.286. The zero-order valence-electron chi connectivity index (χ0n) is 10.4. The van der Waals surface area contributed by atoms with E-state index in [1.54, 1.807) is 12.4 Å². The van der Waals surface area contributed by atoms with Gasteiger partial charge in [0.25, 0.3) is 0 Å². The Kier molecular flexibility index (Phi) is 5.14. The predicted molar refractivity (Wildman–Crippen MR) is 73.6 cm³/mol. The summed E-state index contributed by atoms with van der Waals surface area (Å²) in [5.74, 6) is 0. The molecule has 4 heteroatoms. The Hall–Kier alpha value is -1.94. The van der Waals surface area contributed by atoms with Gasteiger partial charge in [-0.15, -0.1) is 0 Å². The average Bonchev–Trinajstić information content (AvgIpc) is 2.51.